The summed E-state index contributed by atoms with van der Waals surface area (Å²) in [5.74, 6) is 1.74. The molecule has 0 saturated carbocycles. The van der Waals surface area contributed by atoms with Gasteiger partial charge < -0.3 is 18.9 Å². The van der Waals surface area contributed by atoms with Crippen LogP contribution >= 0.6 is 11.6 Å². The van der Waals surface area contributed by atoms with Crippen molar-refractivity contribution < 1.29 is 27.4 Å². The molecule has 0 N–H and O–H groups in total. The van der Waals surface area contributed by atoms with Gasteiger partial charge in [0.15, 0.2) is 11.5 Å². The third kappa shape index (κ3) is 4.40. The Hall–Kier alpha value is -2.16. The second-order valence-electron chi connectivity index (χ2n) is 5.59. The van der Waals surface area contributed by atoms with Gasteiger partial charge in [-0.25, -0.2) is 8.42 Å². The molecule has 9 heteroatoms. The molecule has 2 aromatic rings. The number of nitrogens with zero attached hydrogens (tertiary/aromatic N) is 1. The molecule has 2 aromatic carbocycles. The normalized spacial score (nSPS) is 11.4. The minimum Gasteiger partial charge on any atom is -0.495 e. The first kappa shape index (κ1) is 21.1. The highest BCUT2D eigenvalue weighted by Gasteiger charge is 2.23. The summed E-state index contributed by atoms with van der Waals surface area (Å²) in [7, 11) is 3.69. The van der Waals surface area contributed by atoms with Gasteiger partial charge in [0.25, 0.3) is 0 Å². The number of methoxy groups -OCH3 is 4. The van der Waals surface area contributed by atoms with E-state index in [0.29, 0.717) is 28.6 Å². The van der Waals surface area contributed by atoms with Gasteiger partial charge in [0, 0.05) is 13.6 Å². The lowest BCUT2D eigenvalue weighted by Crippen LogP contribution is -2.26. The Bertz CT molecular complexity index is 891. The molecule has 7 nitrogen and oxygen atoms in total. The van der Waals surface area contributed by atoms with Crippen LogP contribution in [0.25, 0.3) is 0 Å². The number of hydrogen-bond acceptors (Lipinski definition) is 6. The van der Waals surface area contributed by atoms with Gasteiger partial charge in [-0.1, -0.05) is 11.6 Å². The number of rotatable bonds is 8. The summed E-state index contributed by atoms with van der Waals surface area (Å²) >= 11 is 6.06. The molecule has 0 aliphatic rings. The van der Waals surface area contributed by atoms with Crippen LogP contribution in [0.1, 0.15) is 5.56 Å². The first-order chi connectivity index (χ1) is 12.8. The minimum atomic E-state index is -3.76. The number of halogens is 1. The van der Waals surface area contributed by atoms with Crippen molar-refractivity contribution in [1.82, 2.24) is 4.31 Å². The Morgan fingerprint density at radius 1 is 0.889 bits per heavy atom. The molecular formula is C18H22ClNO6S. The van der Waals surface area contributed by atoms with Gasteiger partial charge in [-0.2, -0.15) is 4.31 Å². The fourth-order valence-electron chi connectivity index (χ4n) is 2.56. The van der Waals surface area contributed by atoms with E-state index in [2.05, 4.69) is 0 Å². The van der Waals surface area contributed by atoms with Gasteiger partial charge in [0.1, 0.15) is 5.75 Å². The third-order valence-electron chi connectivity index (χ3n) is 3.96. The van der Waals surface area contributed by atoms with Crippen LogP contribution < -0.4 is 18.9 Å². The van der Waals surface area contributed by atoms with Crippen molar-refractivity contribution in [3.05, 3.63) is 40.9 Å². The minimum absolute atomic E-state index is 0.0724. The summed E-state index contributed by atoms with van der Waals surface area (Å²) in [4.78, 5) is 0.0724. The van der Waals surface area contributed by atoms with Gasteiger partial charge in [0.2, 0.25) is 15.8 Å². The van der Waals surface area contributed by atoms with Gasteiger partial charge in [-0.15, -0.1) is 0 Å². The molecule has 0 fully saturated rings. The average molecular weight is 416 g/mol. The molecule has 0 bridgehead atoms. The fourth-order valence-corrected chi connectivity index (χ4v) is 4.06. The van der Waals surface area contributed by atoms with Crippen molar-refractivity contribution in [2.75, 3.05) is 35.5 Å². The Balaban J connectivity index is 2.35. The number of benzene rings is 2. The SMILES string of the molecule is COc1ccc(S(=O)(=O)N(C)Cc2cc(OC)c(OC)c(OC)c2)cc1Cl. The first-order valence-corrected chi connectivity index (χ1v) is 9.69. The lowest BCUT2D eigenvalue weighted by molar-refractivity contribution is 0.323. The molecule has 148 valence electrons. The van der Waals surface area contributed by atoms with E-state index in [9.17, 15) is 8.42 Å². The van der Waals surface area contributed by atoms with E-state index < -0.39 is 10.0 Å². The Morgan fingerprint density at radius 3 is 1.89 bits per heavy atom. The Labute approximate surface area is 164 Å². The fraction of sp³-hybridized carbons (Fsp3) is 0.333. The molecule has 0 unspecified atom stereocenters. The molecule has 0 atom stereocenters. The van der Waals surface area contributed by atoms with Crippen LogP contribution in [0.2, 0.25) is 5.02 Å². The van der Waals surface area contributed by atoms with Gasteiger partial charge in [-0.05, 0) is 35.9 Å². The van der Waals surface area contributed by atoms with Crippen LogP contribution in [0.4, 0.5) is 0 Å². The van der Waals surface area contributed by atoms with E-state index in [1.807, 2.05) is 0 Å². The maximum atomic E-state index is 12.9. The lowest BCUT2D eigenvalue weighted by atomic mass is 10.2. The maximum Gasteiger partial charge on any atom is 0.243 e. The average Bonchev–Trinajstić information content (AvgIpc) is 2.66. The molecule has 0 aliphatic heterocycles. The molecule has 2 rings (SSSR count). The number of sulfonamides is 1. The van der Waals surface area contributed by atoms with Crippen molar-refractivity contribution in [1.29, 1.82) is 0 Å². The van der Waals surface area contributed by atoms with Crippen LogP contribution in [0.15, 0.2) is 35.2 Å². The smallest absolute Gasteiger partial charge is 0.243 e. The van der Waals surface area contributed by atoms with Crippen molar-refractivity contribution in [3.8, 4) is 23.0 Å². The van der Waals surface area contributed by atoms with E-state index in [-0.39, 0.29) is 16.5 Å². The first-order valence-electron chi connectivity index (χ1n) is 7.87. The quantitative estimate of drug-likeness (QED) is 0.659. The molecule has 0 radical (unpaired) electrons. The summed E-state index contributed by atoms with van der Waals surface area (Å²) in [6.07, 6.45) is 0. The van der Waals surface area contributed by atoms with Gasteiger partial charge in [0.05, 0.1) is 38.4 Å². The third-order valence-corrected chi connectivity index (χ3v) is 6.06. The number of hydrogen-bond donors (Lipinski definition) is 0. The number of ether oxygens (including phenoxy) is 4. The van der Waals surface area contributed by atoms with E-state index in [1.54, 1.807) is 12.1 Å². The predicted octanol–water partition coefficient (Wildman–Crippen LogP) is 3.20. The zero-order valence-corrected chi connectivity index (χ0v) is 17.3. The lowest BCUT2D eigenvalue weighted by Gasteiger charge is -2.20. The van der Waals surface area contributed by atoms with Crippen LogP contribution in [0, 0.1) is 0 Å². The summed E-state index contributed by atoms with van der Waals surface area (Å²) < 4.78 is 47.9. The summed E-state index contributed by atoms with van der Waals surface area (Å²) in [5.41, 5.74) is 0.676. The molecular weight excluding hydrogens is 394 g/mol. The van der Waals surface area contributed by atoms with E-state index in [1.165, 1.54) is 58.0 Å². The summed E-state index contributed by atoms with van der Waals surface area (Å²) in [5, 5.41) is 0.222. The van der Waals surface area contributed by atoms with Crippen molar-refractivity contribution >= 4 is 21.6 Å². The Kier molecular flexibility index (Phi) is 6.80. The van der Waals surface area contributed by atoms with Crippen molar-refractivity contribution in [2.45, 2.75) is 11.4 Å². The molecule has 0 heterocycles. The Morgan fingerprint density at radius 2 is 1.44 bits per heavy atom. The van der Waals surface area contributed by atoms with E-state index >= 15 is 0 Å². The largest absolute Gasteiger partial charge is 0.495 e. The van der Waals surface area contributed by atoms with Crippen LogP contribution in [-0.4, -0.2) is 48.2 Å². The van der Waals surface area contributed by atoms with Gasteiger partial charge in [-0.3, -0.25) is 0 Å². The van der Waals surface area contributed by atoms with Crippen LogP contribution in [0.5, 0.6) is 23.0 Å². The van der Waals surface area contributed by atoms with Crippen LogP contribution in [0.3, 0.4) is 0 Å². The zero-order chi connectivity index (χ0) is 20.2. The highest BCUT2D eigenvalue weighted by Crippen LogP contribution is 2.38. The standard InChI is InChI=1S/C18H22ClNO6S/c1-20(27(21,22)13-6-7-15(23-2)14(19)10-13)11-12-8-16(24-3)18(26-5)17(9-12)25-4/h6-10H,11H2,1-5H3. The highest BCUT2D eigenvalue weighted by molar-refractivity contribution is 7.89. The topological polar surface area (TPSA) is 74.3 Å². The monoisotopic (exact) mass is 415 g/mol. The van der Waals surface area contributed by atoms with E-state index in [4.69, 9.17) is 30.5 Å². The second-order valence-corrected chi connectivity index (χ2v) is 8.04. The van der Waals surface area contributed by atoms with Crippen LogP contribution in [-0.2, 0) is 16.6 Å². The molecule has 0 aromatic heterocycles. The van der Waals surface area contributed by atoms with Crippen molar-refractivity contribution in [2.24, 2.45) is 0 Å². The van der Waals surface area contributed by atoms with Crippen molar-refractivity contribution in [3.63, 3.8) is 0 Å². The molecule has 0 saturated heterocycles. The molecule has 0 spiro atoms. The highest BCUT2D eigenvalue weighted by atomic mass is 35.5. The molecule has 27 heavy (non-hydrogen) atoms. The maximum absolute atomic E-state index is 12.9. The second kappa shape index (κ2) is 8.69. The predicted molar refractivity (Wildman–Crippen MR) is 103 cm³/mol. The molecule has 0 amide bonds. The summed E-state index contributed by atoms with van der Waals surface area (Å²) in [6.45, 7) is 0.0999. The molecule has 0 aliphatic carbocycles. The zero-order valence-electron chi connectivity index (χ0n) is 15.8. The summed E-state index contributed by atoms with van der Waals surface area (Å²) in [6, 6.07) is 7.73. The van der Waals surface area contributed by atoms with E-state index in [0.717, 1.165) is 0 Å². The van der Waals surface area contributed by atoms with Gasteiger partial charge >= 0.3 is 0 Å².